The molecule has 1 heterocycles. The number of carbonyl (C=O) groups excluding carboxylic acids is 1. The normalized spacial score (nSPS) is 10.1. The van der Waals surface area contributed by atoms with Gasteiger partial charge >= 0.3 is 0 Å². The van der Waals surface area contributed by atoms with Gasteiger partial charge in [-0.3, -0.25) is 9.78 Å². The van der Waals surface area contributed by atoms with Crippen LogP contribution in [0.25, 0.3) is 0 Å². The first-order valence-corrected chi connectivity index (χ1v) is 5.43. The molecule has 0 aliphatic rings. The summed E-state index contributed by atoms with van der Waals surface area (Å²) in [4.78, 5) is 21.2. The van der Waals surface area contributed by atoms with Crippen LogP contribution in [0.2, 0.25) is 0 Å². The average molecular weight is 245 g/mol. The van der Waals surface area contributed by atoms with Crippen LogP contribution in [0.1, 0.15) is 16.1 Å². The van der Waals surface area contributed by atoms with Crippen molar-refractivity contribution >= 4 is 5.91 Å². The Hall–Kier alpha value is -2.30. The first kappa shape index (κ1) is 12.2. The molecule has 0 fully saturated rings. The lowest BCUT2D eigenvalue weighted by molar-refractivity contribution is 0.0778. The minimum Gasteiger partial charge on any atom is -0.336 e. The van der Waals surface area contributed by atoms with Gasteiger partial charge in [0.05, 0.1) is 6.20 Å². The zero-order valence-corrected chi connectivity index (χ0v) is 9.88. The molecule has 2 rings (SSSR count). The molecule has 1 aromatic heterocycles. The number of carbonyl (C=O) groups is 1. The molecule has 0 N–H and O–H groups in total. The maximum absolute atomic E-state index is 13.0. The van der Waals surface area contributed by atoms with Gasteiger partial charge in [0.25, 0.3) is 5.91 Å². The molecule has 1 amide bonds. The van der Waals surface area contributed by atoms with E-state index in [1.807, 2.05) is 0 Å². The molecule has 0 bridgehead atoms. The molecular weight excluding hydrogens is 233 g/mol. The maximum atomic E-state index is 13.0. The Balaban J connectivity index is 2.09. The monoisotopic (exact) mass is 245 g/mol. The maximum Gasteiger partial charge on any atom is 0.274 e. The predicted molar refractivity (Wildman–Crippen MR) is 64.2 cm³/mol. The first-order valence-electron chi connectivity index (χ1n) is 5.43. The summed E-state index contributed by atoms with van der Waals surface area (Å²) in [6.07, 6.45) is 4.37. The number of hydrogen-bond donors (Lipinski definition) is 0. The molecule has 0 saturated carbocycles. The number of benzene rings is 1. The number of aromatic nitrogens is 2. The minimum atomic E-state index is -0.312. The van der Waals surface area contributed by atoms with E-state index in [1.165, 1.54) is 35.6 Å². The smallest absolute Gasteiger partial charge is 0.274 e. The molecular formula is C13H12FN3O. The summed E-state index contributed by atoms with van der Waals surface area (Å²) < 4.78 is 13.0. The molecule has 0 radical (unpaired) electrons. The van der Waals surface area contributed by atoms with Crippen LogP contribution in [-0.4, -0.2) is 27.8 Å². The van der Waals surface area contributed by atoms with Gasteiger partial charge in [0.1, 0.15) is 11.5 Å². The van der Waals surface area contributed by atoms with E-state index in [4.69, 9.17) is 0 Å². The molecule has 5 heteroatoms. The van der Waals surface area contributed by atoms with Gasteiger partial charge in [-0.2, -0.15) is 0 Å². The van der Waals surface area contributed by atoms with Gasteiger partial charge < -0.3 is 4.90 Å². The second kappa shape index (κ2) is 5.35. The summed E-state index contributed by atoms with van der Waals surface area (Å²) >= 11 is 0. The van der Waals surface area contributed by atoms with E-state index in [9.17, 15) is 9.18 Å². The second-order valence-corrected chi connectivity index (χ2v) is 3.88. The van der Waals surface area contributed by atoms with Crippen LogP contribution >= 0.6 is 0 Å². The van der Waals surface area contributed by atoms with Gasteiger partial charge in [0, 0.05) is 26.0 Å². The van der Waals surface area contributed by atoms with Crippen LogP contribution < -0.4 is 0 Å². The van der Waals surface area contributed by atoms with Crippen molar-refractivity contribution in [2.45, 2.75) is 6.54 Å². The number of amides is 1. The minimum absolute atomic E-state index is 0.243. The van der Waals surface area contributed by atoms with Crippen molar-refractivity contribution in [1.29, 1.82) is 0 Å². The SMILES string of the molecule is CN(Cc1cccc(F)c1)C(=O)c1cnccn1. The topological polar surface area (TPSA) is 46.1 Å². The predicted octanol–water partition coefficient (Wildman–Crippen LogP) is 1.89. The largest absolute Gasteiger partial charge is 0.336 e. The Labute approximate surface area is 104 Å². The molecule has 0 aliphatic carbocycles. The number of hydrogen-bond acceptors (Lipinski definition) is 3. The standard InChI is InChI=1S/C13H12FN3O/c1-17(9-10-3-2-4-11(14)7-10)13(18)12-8-15-5-6-16-12/h2-8H,9H2,1H3. The fraction of sp³-hybridized carbons (Fsp3) is 0.154. The fourth-order valence-corrected chi connectivity index (χ4v) is 1.59. The summed E-state index contributed by atoms with van der Waals surface area (Å²) in [5, 5.41) is 0. The van der Waals surface area contributed by atoms with Crippen LogP contribution in [0, 0.1) is 5.82 Å². The molecule has 0 saturated heterocycles. The number of nitrogens with zero attached hydrogens (tertiary/aromatic N) is 3. The highest BCUT2D eigenvalue weighted by Gasteiger charge is 2.13. The highest BCUT2D eigenvalue weighted by atomic mass is 19.1. The molecule has 1 aromatic carbocycles. The summed E-state index contributed by atoms with van der Waals surface area (Å²) in [5.74, 6) is -0.555. The third kappa shape index (κ3) is 2.88. The van der Waals surface area contributed by atoms with Crippen LogP contribution in [-0.2, 0) is 6.54 Å². The summed E-state index contributed by atoms with van der Waals surface area (Å²) in [7, 11) is 1.64. The van der Waals surface area contributed by atoms with Gasteiger partial charge in [-0.25, -0.2) is 9.37 Å². The molecule has 4 nitrogen and oxygen atoms in total. The van der Waals surface area contributed by atoms with Gasteiger partial charge in [-0.1, -0.05) is 12.1 Å². The van der Waals surface area contributed by atoms with Crippen molar-refractivity contribution in [2.24, 2.45) is 0 Å². The van der Waals surface area contributed by atoms with Crippen LogP contribution in [0.5, 0.6) is 0 Å². The highest BCUT2D eigenvalue weighted by Crippen LogP contribution is 2.08. The third-order valence-electron chi connectivity index (χ3n) is 2.44. The van der Waals surface area contributed by atoms with Gasteiger partial charge in [-0.05, 0) is 17.7 Å². The van der Waals surface area contributed by atoms with Crippen molar-refractivity contribution < 1.29 is 9.18 Å². The molecule has 0 aliphatic heterocycles. The van der Waals surface area contributed by atoms with E-state index in [-0.39, 0.29) is 17.4 Å². The quantitative estimate of drug-likeness (QED) is 0.829. The van der Waals surface area contributed by atoms with E-state index in [0.29, 0.717) is 6.54 Å². The third-order valence-corrected chi connectivity index (χ3v) is 2.44. The van der Waals surface area contributed by atoms with E-state index in [2.05, 4.69) is 9.97 Å². The van der Waals surface area contributed by atoms with Crippen molar-refractivity contribution in [3.8, 4) is 0 Å². The lowest BCUT2D eigenvalue weighted by Gasteiger charge is -2.16. The van der Waals surface area contributed by atoms with Crippen LogP contribution in [0.4, 0.5) is 4.39 Å². The molecule has 18 heavy (non-hydrogen) atoms. The van der Waals surface area contributed by atoms with E-state index < -0.39 is 0 Å². The van der Waals surface area contributed by atoms with E-state index in [0.717, 1.165) is 5.56 Å². The van der Waals surface area contributed by atoms with Crippen molar-refractivity contribution in [1.82, 2.24) is 14.9 Å². The Morgan fingerprint density at radius 3 is 2.89 bits per heavy atom. The van der Waals surface area contributed by atoms with Crippen LogP contribution in [0.15, 0.2) is 42.9 Å². The second-order valence-electron chi connectivity index (χ2n) is 3.88. The van der Waals surface area contributed by atoms with Gasteiger partial charge in [0.15, 0.2) is 0 Å². The van der Waals surface area contributed by atoms with E-state index in [1.54, 1.807) is 19.2 Å². The van der Waals surface area contributed by atoms with Crippen LogP contribution in [0.3, 0.4) is 0 Å². The molecule has 0 spiro atoms. The van der Waals surface area contributed by atoms with Crippen molar-refractivity contribution in [3.63, 3.8) is 0 Å². The number of halogens is 1. The molecule has 0 unspecified atom stereocenters. The Kier molecular flexibility index (Phi) is 3.62. The number of rotatable bonds is 3. The van der Waals surface area contributed by atoms with Crippen molar-refractivity contribution in [3.05, 3.63) is 59.9 Å². The molecule has 92 valence electrons. The van der Waals surface area contributed by atoms with Gasteiger partial charge in [0.2, 0.25) is 0 Å². The summed E-state index contributed by atoms with van der Waals surface area (Å²) in [6, 6.07) is 6.16. The van der Waals surface area contributed by atoms with Gasteiger partial charge in [-0.15, -0.1) is 0 Å². The zero-order valence-electron chi connectivity index (χ0n) is 9.88. The highest BCUT2D eigenvalue weighted by molar-refractivity contribution is 5.91. The molecule has 0 atom stereocenters. The zero-order chi connectivity index (χ0) is 13.0. The molecule has 2 aromatic rings. The lowest BCUT2D eigenvalue weighted by Crippen LogP contribution is -2.27. The van der Waals surface area contributed by atoms with E-state index >= 15 is 0 Å². The Morgan fingerprint density at radius 2 is 2.22 bits per heavy atom. The average Bonchev–Trinajstić information content (AvgIpc) is 2.39. The Bertz CT molecular complexity index is 545. The summed E-state index contributed by atoms with van der Waals surface area (Å²) in [5.41, 5.74) is 1.01. The van der Waals surface area contributed by atoms with Crippen molar-refractivity contribution in [2.75, 3.05) is 7.05 Å². The Morgan fingerprint density at radius 1 is 1.39 bits per heavy atom. The summed E-state index contributed by atoms with van der Waals surface area (Å²) in [6.45, 7) is 0.327. The first-order chi connectivity index (χ1) is 8.66. The fourth-order valence-electron chi connectivity index (χ4n) is 1.59. The lowest BCUT2D eigenvalue weighted by atomic mass is 10.2.